The van der Waals surface area contributed by atoms with Crippen LogP contribution in [0.3, 0.4) is 0 Å². The quantitative estimate of drug-likeness (QED) is 0.720. The zero-order valence-electron chi connectivity index (χ0n) is 11.1. The Morgan fingerprint density at radius 1 is 1.47 bits per heavy atom. The second-order valence-electron chi connectivity index (χ2n) is 5.50. The molecule has 2 aliphatic heterocycles. The molecule has 0 saturated carbocycles. The molecule has 1 N–H and O–H groups in total. The van der Waals surface area contributed by atoms with Crippen LogP contribution in [-0.2, 0) is 19.1 Å². The third-order valence-corrected chi connectivity index (χ3v) is 3.60. The van der Waals surface area contributed by atoms with Gasteiger partial charge in [0.2, 0.25) is 11.8 Å². The molecule has 1 atom stereocenters. The van der Waals surface area contributed by atoms with Crippen molar-refractivity contribution in [1.82, 2.24) is 9.80 Å². The van der Waals surface area contributed by atoms with Crippen LogP contribution in [0.5, 0.6) is 0 Å². The number of likely N-dealkylation sites (tertiary alicyclic amines) is 2. The van der Waals surface area contributed by atoms with Crippen molar-refractivity contribution in [1.29, 1.82) is 0 Å². The zero-order chi connectivity index (χ0) is 14.2. The molecule has 7 nitrogen and oxygen atoms in total. The smallest absolute Gasteiger partial charge is 0.329 e. The van der Waals surface area contributed by atoms with Gasteiger partial charge in [-0.05, 0) is 6.92 Å². The van der Waals surface area contributed by atoms with Crippen LogP contribution in [0, 0.1) is 5.92 Å². The number of nitrogens with zero attached hydrogens (tertiary/aromatic N) is 2. The lowest BCUT2D eigenvalue weighted by Crippen LogP contribution is -2.64. The van der Waals surface area contributed by atoms with Crippen LogP contribution in [0.15, 0.2) is 0 Å². The third-order valence-electron chi connectivity index (χ3n) is 3.60. The largest absolute Gasteiger partial charge is 0.480 e. The van der Waals surface area contributed by atoms with E-state index in [1.165, 1.54) is 0 Å². The summed E-state index contributed by atoms with van der Waals surface area (Å²) in [6, 6.07) is 0. The van der Waals surface area contributed by atoms with Crippen molar-refractivity contribution >= 4 is 17.8 Å². The maximum Gasteiger partial charge on any atom is 0.329 e. The minimum Gasteiger partial charge on any atom is -0.480 e. The molecule has 0 radical (unpaired) electrons. The van der Waals surface area contributed by atoms with Crippen LogP contribution in [0.4, 0.5) is 0 Å². The average molecular weight is 270 g/mol. The number of carboxylic acids is 1. The molecule has 19 heavy (non-hydrogen) atoms. The Bertz CT molecular complexity index is 416. The van der Waals surface area contributed by atoms with Gasteiger partial charge in [0.15, 0.2) is 0 Å². The number of carboxylic acid groups (broad SMARTS) is 1. The van der Waals surface area contributed by atoms with E-state index in [1.807, 2.05) is 0 Å². The highest BCUT2D eigenvalue weighted by molar-refractivity contribution is 5.89. The van der Waals surface area contributed by atoms with Crippen molar-refractivity contribution in [2.75, 3.05) is 33.3 Å². The third kappa shape index (κ3) is 2.86. The number of carbonyl (C=O) groups excluding carboxylic acids is 2. The number of hydrogen-bond donors (Lipinski definition) is 1. The van der Waals surface area contributed by atoms with Gasteiger partial charge in [-0.2, -0.15) is 0 Å². The van der Waals surface area contributed by atoms with Crippen molar-refractivity contribution in [2.45, 2.75) is 18.9 Å². The molecule has 106 valence electrons. The van der Waals surface area contributed by atoms with Crippen LogP contribution < -0.4 is 0 Å². The van der Waals surface area contributed by atoms with Gasteiger partial charge < -0.3 is 19.6 Å². The van der Waals surface area contributed by atoms with Crippen LogP contribution in [0.1, 0.15) is 13.3 Å². The Balaban J connectivity index is 1.82. The molecule has 2 heterocycles. The predicted octanol–water partition coefficient (Wildman–Crippen LogP) is -0.833. The maximum absolute atomic E-state index is 12.1. The van der Waals surface area contributed by atoms with Gasteiger partial charge >= 0.3 is 5.97 Å². The van der Waals surface area contributed by atoms with Gasteiger partial charge in [-0.1, -0.05) is 0 Å². The summed E-state index contributed by atoms with van der Waals surface area (Å²) in [5, 5.41) is 8.55. The van der Waals surface area contributed by atoms with E-state index in [0.717, 1.165) is 0 Å². The molecule has 2 amide bonds. The molecular formula is C12H18N2O5. The van der Waals surface area contributed by atoms with Crippen molar-refractivity contribution < 1.29 is 24.2 Å². The molecule has 0 bridgehead atoms. The van der Waals surface area contributed by atoms with Gasteiger partial charge in [-0.3, -0.25) is 9.59 Å². The van der Waals surface area contributed by atoms with Crippen LogP contribution in [-0.4, -0.2) is 71.6 Å². The maximum atomic E-state index is 12.1. The van der Waals surface area contributed by atoms with E-state index < -0.39 is 11.6 Å². The van der Waals surface area contributed by atoms with E-state index >= 15 is 0 Å². The molecule has 2 saturated heterocycles. The minimum atomic E-state index is -1.02. The van der Waals surface area contributed by atoms with Gasteiger partial charge in [0, 0.05) is 20.0 Å². The zero-order valence-corrected chi connectivity index (χ0v) is 11.1. The summed E-state index contributed by atoms with van der Waals surface area (Å²) in [4.78, 5) is 37.1. The Morgan fingerprint density at radius 3 is 2.58 bits per heavy atom. The Hall–Kier alpha value is -1.63. The van der Waals surface area contributed by atoms with E-state index in [2.05, 4.69) is 0 Å². The number of amides is 2. The molecule has 0 spiro atoms. The number of hydrogen-bond acceptors (Lipinski definition) is 4. The SMILES string of the molecule is CN1CC(C(=O)N2CC(C)(OCC(=O)O)C2)CC1=O. The standard InChI is InChI=1S/C12H18N2O5/c1-12(19-5-10(16)17)6-14(7-12)11(18)8-3-9(15)13(2)4-8/h8H,3-7H2,1-2H3,(H,16,17). The highest BCUT2D eigenvalue weighted by Gasteiger charge is 2.46. The van der Waals surface area contributed by atoms with Gasteiger partial charge in [0.05, 0.1) is 19.0 Å². The molecule has 0 aromatic rings. The summed E-state index contributed by atoms with van der Waals surface area (Å²) in [5.74, 6) is -1.35. The molecule has 0 aromatic carbocycles. The lowest BCUT2D eigenvalue weighted by molar-refractivity contribution is -0.175. The second kappa shape index (κ2) is 4.80. The number of carbonyl (C=O) groups is 3. The summed E-state index contributed by atoms with van der Waals surface area (Å²) >= 11 is 0. The van der Waals surface area contributed by atoms with Gasteiger partial charge in [-0.25, -0.2) is 4.79 Å². The Labute approximate surface area is 111 Å². The van der Waals surface area contributed by atoms with Crippen molar-refractivity contribution in [3.05, 3.63) is 0 Å². The summed E-state index contributed by atoms with van der Waals surface area (Å²) in [7, 11) is 1.69. The van der Waals surface area contributed by atoms with E-state index in [1.54, 1.807) is 23.8 Å². The molecule has 2 fully saturated rings. The number of aliphatic carboxylic acids is 1. The van der Waals surface area contributed by atoms with Gasteiger partial charge in [0.1, 0.15) is 12.2 Å². The first-order valence-corrected chi connectivity index (χ1v) is 6.19. The molecule has 0 aliphatic carbocycles. The van der Waals surface area contributed by atoms with Crippen LogP contribution in [0.2, 0.25) is 0 Å². The van der Waals surface area contributed by atoms with Crippen molar-refractivity contribution in [3.8, 4) is 0 Å². The predicted molar refractivity (Wildman–Crippen MR) is 64.3 cm³/mol. The molecule has 1 unspecified atom stereocenters. The molecule has 0 aromatic heterocycles. The molecule has 2 aliphatic rings. The summed E-state index contributed by atoms with van der Waals surface area (Å²) < 4.78 is 5.24. The first-order chi connectivity index (χ1) is 8.81. The highest BCUT2D eigenvalue weighted by Crippen LogP contribution is 2.28. The fraction of sp³-hybridized carbons (Fsp3) is 0.750. The number of ether oxygens (including phenoxy) is 1. The van der Waals surface area contributed by atoms with Crippen LogP contribution in [0.25, 0.3) is 0 Å². The normalized spacial score (nSPS) is 25.4. The van der Waals surface area contributed by atoms with Crippen molar-refractivity contribution in [3.63, 3.8) is 0 Å². The summed E-state index contributed by atoms with van der Waals surface area (Å²) in [5.41, 5.74) is -0.581. The first-order valence-electron chi connectivity index (χ1n) is 6.19. The minimum absolute atomic E-state index is 0.0104. The van der Waals surface area contributed by atoms with Gasteiger partial charge in [-0.15, -0.1) is 0 Å². The fourth-order valence-electron chi connectivity index (χ4n) is 2.53. The molecule has 2 rings (SSSR count). The topological polar surface area (TPSA) is 87.2 Å². The first kappa shape index (κ1) is 13.8. The average Bonchev–Trinajstić information content (AvgIpc) is 2.62. The monoisotopic (exact) mass is 270 g/mol. The van der Waals surface area contributed by atoms with E-state index in [9.17, 15) is 14.4 Å². The van der Waals surface area contributed by atoms with Crippen LogP contribution >= 0.6 is 0 Å². The highest BCUT2D eigenvalue weighted by atomic mass is 16.5. The number of rotatable bonds is 4. The van der Waals surface area contributed by atoms with Crippen molar-refractivity contribution in [2.24, 2.45) is 5.92 Å². The summed E-state index contributed by atoms with van der Waals surface area (Å²) in [6.07, 6.45) is 0.262. The summed E-state index contributed by atoms with van der Waals surface area (Å²) in [6.45, 7) is 2.65. The lowest BCUT2D eigenvalue weighted by atomic mass is 9.93. The fourth-order valence-corrected chi connectivity index (χ4v) is 2.53. The molecule has 7 heteroatoms. The Morgan fingerprint density at radius 2 is 2.11 bits per heavy atom. The van der Waals surface area contributed by atoms with E-state index in [4.69, 9.17) is 9.84 Å². The van der Waals surface area contributed by atoms with E-state index in [-0.39, 0.29) is 30.8 Å². The Kier molecular flexibility index (Phi) is 3.49. The van der Waals surface area contributed by atoms with Gasteiger partial charge in [0.25, 0.3) is 0 Å². The molecular weight excluding hydrogens is 252 g/mol. The lowest BCUT2D eigenvalue weighted by Gasteiger charge is -2.48. The van der Waals surface area contributed by atoms with E-state index in [0.29, 0.717) is 19.6 Å². The second-order valence-corrected chi connectivity index (χ2v) is 5.50.